The summed E-state index contributed by atoms with van der Waals surface area (Å²) < 4.78 is 6.26. The summed E-state index contributed by atoms with van der Waals surface area (Å²) in [5, 5.41) is 10.5. The van der Waals surface area contributed by atoms with Gasteiger partial charge in [-0.25, -0.2) is 4.79 Å². The van der Waals surface area contributed by atoms with Gasteiger partial charge in [0.05, 0.1) is 5.56 Å². The number of aliphatic hydroxyl groups excluding tert-OH is 1. The number of ether oxygens (including phenoxy) is 1. The summed E-state index contributed by atoms with van der Waals surface area (Å²) >= 11 is 0. The van der Waals surface area contributed by atoms with E-state index in [2.05, 4.69) is 20.8 Å². The quantitative estimate of drug-likeness (QED) is 0.679. The van der Waals surface area contributed by atoms with E-state index >= 15 is 0 Å². The summed E-state index contributed by atoms with van der Waals surface area (Å²) in [6.45, 7) is 6.89. The minimum Gasteiger partial charge on any atom is -0.458 e. The van der Waals surface area contributed by atoms with E-state index in [1.54, 1.807) is 12.1 Å². The first-order chi connectivity index (χ1) is 14.7. The molecule has 0 saturated heterocycles. The summed E-state index contributed by atoms with van der Waals surface area (Å²) in [6.07, 6.45) is 7.28. The molecule has 1 spiro atoms. The number of Topliss-reactive ketones (excluding diaryl/α,β-unsaturated/α-hetero) is 1. The van der Waals surface area contributed by atoms with Crippen molar-refractivity contribution in [2.75, 3.05) is 6.61 Å². The molecule has 1 aromatic carbocycles. The van der Waals surface area contributed by atoms with E-state index in [0.717, 1.165) is 44.9 Å². The van der Waals surface area contributed by atoms with Gasteiger partial charge in [-0.1, -0.05) is 45.4 Å². The molecule has 2 bridgehead atoms. The van der Waals surface area contributed by atoms with Gasteiger partial charge in [0.15, 0.2) is 0 Å². The fourth-order valence-corrected chi connectivity index (χ4v) is 8.73. The van der Waals surface area contributed by atoms with Crippen molar-refractivity contribution < 1.29 is 19.4 Å². The third kappa shape index (κ3) is 2.83. The molecule has 31 heavy (non-hydrogen) atoms. The van der Waals surface area contributed by atoms with Crippen molar-refractivity contribution >= 4 is 11.8 Å². The van der Waals surface area contributed by atoms with Crippen molar-refractivity contribution in [3.05, 3.63) is 35.9 Å². The molecule has 0 aromatic heterocycles. The van der Waals surface area contributed by atoms with Crippen LogP contribution in [-0.2, 0) is 9.53 Å². The lowest BCUT2D eigenvalue weighted by Gasteiger charge is -2.67. The molecule has 4 heteroatoms. The van der Waals surface area contributed by atoms with Crippen LogP contribution in [0.25, 0.3) is 0 Å². The fraction of sp³-hybridized carbons (Fsp3) is 0.704. The van der Waals surface area contributed by atoms with Gasteiger partial charge in [-0.05, 0) is 72.8 Å². The van der Waals surface area contributed by atoms with Crippen molar-refractivity contribution in [3.8, 4) is 0 Å². The lowest BCUT2D eigenvalue weighted by atomic mass is 9.37. The number of fused-ring (bicyclic) bond motifs is 2. The highest BCUT2D eigenvalue weighted by atomic mass is 16.5. The van der Waals surface area contributed by atoms with Crippen LogP contribution in [0, 0.1) is 33.5 Å². The number of esters is 1. The second-order valence-electron chi connectivity index (χ2n) is 11.8. The number of ketones is 1. The second-order valence-corrected chi connectivity index (χ2v) is 11.8. The molecule has 1 N–H and O–H groups in total. The van der Waals surface area contributed by atoms with Crippen molar-refractivity contribution in [2.45, 2.75) is 78.2 Å². The molecule has 4 fully saturated rings. The molecular formula is C27H36O4. The van der Waals surface area contributed by atoms with Crippen LogP contribution in [0.5, 0.6) is 0 Å². The Labute approximate surface area is 185 Å². The van der Waals surface area contributed by atoms with Crippen LogP contribution < -0.4 is 0 Å². The highest BCUT2D eigenvalue weighted by Crippen LogP contribution is 2.75. The molecule has 0 unspecified atom stereocenters. The van der Waals surface area contributed by atoms with Crippen LogP contribution in [0.2, 0.25) is 0 Å². The summed E-state index contributed by atoms with van der Waals surface area (Å²) in [5.41, 5.74) is 0.192. The van der Waals surface area contributed by atoms with Crippen molar-refractivity contribution in [2.24, 2.45) is 33.5 Å². The van der Waals surface area contributed by atoms with Crippen LogP contribution in [0.4, 0.5) is 0 Å². The Morgan fingerprint density at radius 1 is 1.10 bits per heavy atom. The van der Waals surface area contributed by atoms with E-state index in [1.165, 1.54) is 0 Å². The van der Waals surface area contributed by atoms with E-state index in [9.17, 15) is 14.7 Å². The zero-order valence-corrected chi connectivity index (χ0v) is 19.2. The van der Waals surface area contributed by atoms with Gasteiger partial charge in [-0.3, -0.25) is 4.79 Å². The second kappa shape index (κ2) is 6.91. The van der Waals surface area contributed by atoms with Crippen molar-refractivity contribution in [1.29, 1.82) is 0 Å². The first-order valence-electron chi connectivity index (χ1n) is 12.1. The molecule has 1 aromatic rings. The summed E-state index contributed by atoms with van der Waals surface area (Å²) in [5.74, 6) is 0.499. The van der Waals surface area contributed by atoms with Crippen LogP contribution >= 0.6 is 0 Å². The van der Waals surface area contributed by atoms with Gasteiger partial charge in [0.2, 0.25) is 0 Å². The number of carbonyl (C=O) groups excluding carboxylic acids is 2. The Kier molecular flexibility index (Phi) is 4.72. The maximum atomic E-state index is 13.1. The Balaban J connectivity index is 1.57. The standard InChI is InChI=1S/C27H36O4/c1-24-12-13-27(16-24)19(15-21(24)29)14-20(31-23(30)18-8-5-4-6-9-18)22-25(2,17-28)10-7-11-26(22,27)3/h4-6,8-9,19-20,22,28H,7,10-17H2,1-3H3/t19-,20-,22+,24+,25+,26+,27+/m1/s1. The number of hydrogen-bond acceptors (Lipinski definition) is 4. The molecule has 0 radical (unpaired) electrons. The molecule has 5 rings (SSSR count). The smallest absolute Gasteiger partial charge is 0.338 e. The molecule has 168 valence electrons. The van der Waals surface area contributed by atoms with E-state index in [1.807, 2.05) is 18.2 Å². The Morgan fingerprint density at radius 2 is 1.84 bits per heavy atom. The van der Waals surface area contributed by atoms with Gasteiger partial charge < -0.3 is 9.84 Å². The number of aliphatic hydroxyl groups is 1. The van der Waals surface area contributed by atoms with E-state index in [-0.39, 0.29) is 52.2 Å². The van der Waals surface area contributed by atoms with Crippen LogP contribution in [0.15, 0.2) is 30.3 Å². The minimum absolute atomic E-state index is 0.0360. The molecule has 4 saturated carbocycles. The lowest BCUT2D eigenvalue weighted by Crippen LogP contribution is -2.65. The zero-order valence-electron chi connectivity index (χ0n) is 19.2. The highest BCUT2D eigenvalue weighted by molar-refractivity contribution is 5.89. The first kappa shape index (κ1) is 21.2. The van der Waals surface area contributed by atoms with Gasteiger partial charge in [0.1, 0.15) is 11.9 Å². The molecule has 0 aliphatic heterocycles. The third-order valence-corrected chi connectivity index (χ3v) is 10.3. The number of carbonyl (C=O) groups is 2. The molecule has 4 nitrogen and oxygen atoms in total. The average Bonchev–Trinajstić information content (AvgIpc) is 3.08. The van der Waals surface area contributed by atoms with Crippen LogP contribution in [0.3, 0.4) is 0 Å². The minimum atomic E-state index is -0.284. The third-order valence-electron chi connectivity index (χ3n) is 10.3. The maximum absolute atomic E-state index is 13.1. The van der Waals surface area contributed by atoms with Gasteiger partial charge in [-0.15, -0.1) is 0 Å². The molecule has 4 aliphatic carbocycles. The maximum Gasteiger partial charge on any atom is 0.338 e. The van der Waals surface area contributed by atoms with Crippen molar-refractivity contribution in [3.63, 3.8) is 0 Å². The summed E-state index contributed by atoms with van der Waals surface area (Å²) in [4.78, 5) is 26.1. The van der Waals surface area contributed by atoms with Gasteiger partial charge in [0.25, 0.3) is 0 Å². The van der Waals surface area contributed by atoms with Gasteiger partial charge in [-0.2, -0.15) is 0 Å². The molecule has 0 heterocycles. The van der Waals surface area contributed by atoms with E-state index in [4.69, 9.17) is 4.74 Å². The van der Waals surface area contributed by atoms with Crippen LogP contribution in [0.1, 0.15) is 82.5 Å². The fourth-order valence-electron chi connectivity index (χ4n) is 8.73. The first-order valence-corrected chi connectivity index (χ1v) is 12.1. The molecular weight excluding hydrogens is 388 g/mol. The van der Waals surface area contributed by atoms with Crippen LogP contribution in [-0.4, -0.2) is 29.6 Å². The Morgan fingerprint density at radius 3 is 2.55 bits per heavy atom. The van der Waals surface area contributed by atoms with E-state index < -0.39 is 0 Å². The Bertz CT molecular complexity index is 896. The predicted octanol–water partition coefficient (Wildman–Crippen LogP) is 5.19. The monoisotopic (exact) mass is 424 g/mol. The number of hydrogen-bond donors (Lipinski definition) is 1. The average molecular weight is 425 g/mol. The molecule has 0 amide bonds. The highest BCUT2D eigenvalue weighted by Gasteiger charge is 2.72. The summed E-state index contributed by atoms with van der Waals surface area (Å²) in [6, 6.07) is 9.20. The lowest BCUT2D eigenvalue weighted by molar-refractivity contribution is -0.224. The van der Waals surface area contributed by atoms with E-state index in [0.29, 0.717) is 17.8 Å². The number of rotatable bonds is 3. The normalized spacial score (nSPS) is 46.2. The predicted molar refractivity (Wildman–Crippen MR) is 118 cm³/mol. The van der Waals surface area contributed by atoms with Crippen molar-refractivity contribution in [1.82, 2.24) is 0 Å². The van der Waals surface area contributed by atoms with Gasteiger partial charge in [0, 0.05) is 24.4 Å². The largest absolute Gasteiger partial charge is 0.458 e. The van der Waals surface area contributed by atoms with Gasteiger partial charge >= 0.3 is 5.97 Å². The molecule has 7 atom stereocenters. The summed E-state index contributed by atoms with van der Waals surface area (Å²) in [7, 11) is 0. The zero-order chi connectivity index (χ0) is 22.1. The SMILES string of the molecule is C[C@]12CC[C@]3(C1)[C@@H](CC2=O)C[C@@H](OC(=O)c1ccccc1)[C@H]1[C@](C)(CO)CCC[C@@]13C. The molecule has 4 aliphatic rings. The topological polar surface area (TPSA) is 63.6 Å². The number of benzene rings is 1. The Hall–Kier alpha value is -1.68.